The molecular formula is C12H18ClNOS. The third-order valence-electron chi connectivity index (χ3n) is 2.43. The van der Waals surface area contributed by atoms with Crippen molar-refractivity contribution in [2.75, 3.05) is 12.4 Å². The molecule has 0 aliphatic carbocycles. The SMILES string of the molecule is CCC(N)C(SCCO)c1cccc(Cl)c1. The van der Waals surface area contributed by atoms with Gasteiger partial charge in [-0.3, -0.25) is 0 Å². The van der Waals surface area contributed by atoms with Crippen molar-refractivity contribution in [2.45, 2.75) is 24.6 Å². The number of thioether (sulfide) groups is 1. The first-order valence-electron chi connectivity index (χ1n) is 5.42. The molecule has 3 N–H and O–H groups in total. The molecule has 1 aromatic carbocycles. The lowest BCUT2D eigenvalue weighted by Crippen LogP contribution is -2.26. The maximum atomic E-state index is 8.88. The van der Waals surface area contributed by atoms with Crippen LogP contribution in [-0.4, -0.2) is 23.5 Å². The molecule has 0 aromatic heterocycles. The van der Waals surface area contributed by atoms with E-state index in [-0.39, 0.29) is 17.9 Å². The van der Waals surface area contributed by atoms with Crippen LogP contribution in [0.1, 0.15) is 24.2 Å². The van der Waals surface area contributed by atoms with E-state index in [2.05, 4.69) is 6.92 Å². The smallest absolute Gasteiger partial charge is 0.0521 e. The van der Waals surface area contributed by atoms with Crippen molar-refractivity contribution in [2.24, 2.45) is 5.73 Å². The van der Waals surface area contributed by atoms with Crippen LogP contribution in [0.5, 0.6) is 0 Å². The van der Waals surface area contributed by atoms with Gasteiger partial charge in [0.15, 0.2) is 0 Å². The van der Waals surface area contributed by atoms with Crippen molar-refractivity contribution in [3.8, 4) is 0 Å². The summed E-state index contributed by atoms with van der Waals surface area (Å²) < 4.78 is 0. The minimum Gasteiger partial charge on any atom is -0.396 e. The largest absolute Gasteiger partial charge is 0.396 e. The van der Waals surface area contributed by atoms with Crippen LogP contribution >= 0.6 is 23.4 Å². The Morgan fingerprint density at radius 3 is 2.81 bits per heavy atom. The Bertz CT molecular complexity index is 322. The van der Waals surface area contributed by atoms with Crippen LogP contribution in [0.15, 0.2) is 24.3 Å². The van der Waals surface area contributed by atoms with Crippen LogP contribution in [0.4, 0.5) is 0 Å². The number of nitrogens with two attached hydrogens (primary N) is 1. The Morgan fingerprint density at radius 1 is 1.50 bits per heavy atom. The quantitative estimate of drug-likeness (QED) is 0.826. The van der Waals surface area contributed by atoms with Gasteiger partial charge in [-0.25, -0.2) is 0 Å². The predicted molar refractivity (Wildman–Crippen MR) is 72.0 cm³/mol. The zero-order valence-corrected chi connectivity index (χ0v) is 11.0. The number of aliphatic hydroxyl groups is 1. The third kappa shape index (κ3) is 3.98. The second-order valence-electron chi connectivity index (χ2n) is 3.64. The van der Waals surface area contributed by atoms with Crippen molar-refractivity contribution in [1.29, 1.82) is 0 Å². The molecule has 0 amide bonds. The minimum atomic E-state index is 0.0926. The Hall–Kier alpha value is -0.220. The fourth-order valence-corrected chi connectivity index (χ4v) is 2.88. The summed E-state index contributed by atoms with van der Waals surface area (Å²) in [5.74, 6) is 0.699. The summed E-state index contributed by atoms with van der Waals surface area (Å²) in [5.41, 5.74) is 7.23. The number of benzene rings is 1. The van der Waals surface area contributed by atoms with E-state index in [0.717, 1.165) is 17.0 Å². The summed E-state index contributed by atoms with van der Waals surface area (Å²) in [6, 6.07) is 7.88. The molecular weight excluding hydrogens is 242 g/mol. The van der Waals surface area contributed by atoms with E-state index in [0.29, 0.717) is 5.75 Å². The second kappa shape index (κ2) is 7.17. The molecule has 0 heterocycles. The van der Waals surface area contributed by atoms with E-state index in [1.807, 2.05) is 24.3 Å². The van der Waals surface area contributed by atoms with E-state index < -0.39 is 0 Å². The summed E-state index contributed by atoms with van der Waals surface area (Å²) in [6.45, 7) is 2.25. The molecule has 0 aliphatic rings. The van der Waals surface area contributed by atoms with E-state index in [4.69, 9.17) is 22.4 Å². The van der Waals surface area contributed by atoms with Gasteiger partial charge in [-0.15, -0.1) is 11.8 Å². The number of aliphatic hydroxyl groups excluding tert-OH is 1. The molecule has 0 radical (unpaired) electrons. The first-order chi connectivity index (χ1) is 7.69. The van der Waals surface area contributed by atoms with Gasteiger partial charge >= 0.3 is 0 Å². The standard InChI is InChI=1S/C12H18ClNOS/c1-2-11(14)12(16-7-6-15)9-4-3-5-10(13)8-9/h3-5,8,11-12,15H,2,6-7,14H2,1H3. The molecule has 1 rings (SSSR count). The van der Waals surface area contributed by atoms with Gasteiger partial charge in [-0.1, -0.05) is 30.7 Å². The van der Waals surface area contributed by atoms with Crippen LogP contribution in [-0.2, 0) is 0 Å². The summed E-state index contributed by atoms with van der Waals surface area (Å²) >= 11 is 7.65. The Balaban J connectivity index is 2.82. The maximum absolute atomic E-state index is 8.88. The van der Waals surface area contributed by atoms with Crippen molar-refractivity contribution < 1.29 is 5.11 Å². The fourth-order valence-electron chi connectivity index (χ4n) is 1.54. The van der Waals surface area contributed by atoms with Gasteiger partial charge in [0.1, 0.15) is 0 Å². The van der Waals surface area contributed by atoms with Gasteiger partial charge < -0.3 is 10.8 Å². The number of rotatable bonds is 6. The lowest BCUT2D eigenvalue weighted by molar-refractivity contribution is 0.322. The highest BCUT2D eigenvalue weighted by Crippen LogP contribution is 2.33. The Labute approximate surface area is 106 Å². The zero-order chi connectivity index (χ0) is 12.0. The highest BCUT2D eigenvalue weighted by Gasteiger charge is 2.18. The van der Waals surface area contributed by atoms with E-state index in [1.54, 1.807) is 11.8 Å². The van der Waals surface area contributed by atoms with Crippen LogP contribution in [0.2, 0.25) is 5.02 Å². The molecule has 0 saturated heterocycles. The predicted octanol–water partition coefficient (Wildman–Crippen LogP) is 2.84. The van der Waals surface area contributed by atoms with E-state index in [9.17, 15) is 0 Å². The number of halogens is 1. The normalized spacial score (nSPS) is 14.8. The van der Waals surface area contributed by atoms with E-state index >= 15 is 0 Å². The van der Waals surface area contributed by atoms with E-state index in [1.165, 1.54) is 0 Å². The molecule has 0 saturated carbocycles. The fraction of sp³-hybridized carbons (Fsp3) is 0.500. The molecule has 1 aromatic rings. The molecule has 2 atom stereocenters. The summed E-state index contributed by atoms with van der Waals surface area (Å²) in [7, 11) is 0. The van der Waals surface area contributed by atoms with Gasteiger partial charge in [0.2, 0.25) is 0 Å². The molecule has 2 nitrogen and oxygen atoms in total. The molecule has 90 valence electrons. The highest BCUT2D eigenvalue weighted by atomic mass is 35.5. The molecule has 0 aliphatic heterocycles. The molecule has 4 heteroatoms. The summed E-state index contributed by atoms with van der Waals surface area (Å²) in [6.07, 6.45) is 0.912. The van der Waals surface area contributed by atoms with Gasteiger partial charge in [-0.2, -0.15) is 0 Å². The average molecular weight is 260 g/mol. The van der Waals surface area contributed by atoms with Crippen molar-refractivity contribution in [3.05, 3.63) is 34.9 Å². The molecule has 0 spiro atoms. The molecule has 0 fully saturated rings. The van der Waals surface area contributed by atoms with Gasteiger partial charge in [0, 0.05) is 22.1 Å². The van der Waals surface area contributed by atoms with Crippen LogP contribution in [0.3, 0.4) is 0 Å². The monoisotopic (exact) mass is 259 g/mol. The van der Waals surface area contributed by atoms with Crippen LogP contribution in [0, 0.1) is 0 Å². The molecule has 16 heavy (non-hydrogen) atoms. The van der Waals surface area contributed by atoms with Crippen LogP contribution < -0.4 is 5.73 Å². The van der Waals surface area contributed by atoms with Gasteiger partial charge in [0.25, 0.3) is 0 Å². The van der Waals surface area contributed by atoms with Gasteiger partial charge in [0.05, 0.1) is 6.61 Å². The lowest BCUT2D eigenvalue weighted by atomic mass is 10.0. The Kier molecular flexibility index (Phi) is 6.21. The van der Waals surface area contributed by atoms with Crippen molar-refractivity contribution >= 4 is 23.4 Å². The number of hydrogen-bond acceptors (Lipinski definition) is 3. The second-order valence-corrected chi connectivity index (χ2v) is 5.33. The first kappa shape index (κ1) is 13.8. The Morgan fingerprint density at radius 2 is 2.25 bits per heavy atom. The highest BCUT2D eigenvalue weighted by molar-refractivity contribution is 7.99. The summed E-state index contributed by atoms with van der Waals surface area (Å²) in [5, 5.41) is 9.82. The maximum Gasteiger partial charge on any atom is 0.0521 e. The van der Waals surface area contributed by atoms with Crippen LogP contribution in [0.25, 0.3) is 0 Å². The zero-order valence-electron chi connectivity index (χ0n) is 9.40. The topological polar surface area (TPSA) is 46.2 Å². The molecule has 2 unspecified atom stereocenters. The molecule has 0 bridgehead atoms. The van der Waals surface area contributed by atoms with Crippen molar-refractivity contribution in [1.82, 2.24) is 0 Å². The first-order valence-corrected chi connectivity index (χ1v) is 6.85. The number of hydrogen-bond donors (Lipinski definition) is 2. The average Bonchev–Trinajstić information content (AvgIpc) is 2.29. The van der Waals surface area contributed by atoms with Gasteiger partial charge in [-0.05, 0) is 24.1 Å². The summed E-state index contributed by atoms with van der Waals surface area (Å²) in [4.78, 5) is 0. The third-order valence-corrected chi connectivity index (χ3v) is 4.06. The van der Waals surface area contributed by atoms with Crippen molar-refractivity contribution in [3.63, 3.8) is 0 Å². The lowest BCUT2D eigenvalue weighted by Gasteiger charge is -2.22. The minimum absolute atomic E-state index is 0.0926.